The lowest BCUT2D eigenvalue weighted by Crippen LogP contribution is -1.99. The fraction of sp³-hybridized carbons (Fsp3) is 0.167. The maximum Gasteiger partial charge on any atom is 0.166 e. The Labute approximate surface area is 123 Å². The first-order valence-corrected chi connectivity index (χ1v) is 6.91. The van der Waals surface area contributed by atoms with Gasteiger partial charge in [-0.2, -0.15) is 0 Å². The van der Waals surface area contributed by atoms with E-state index < -0.39 is 0 Å². The van der Waals surface area contributed by atoms with Gasteiger partial charge >= 0.3 is 0 Å². The largest absolute Gasteiger partial charge is 0.487 e. The quantitative estimate of drug-likeness (QED) is 0.679. The van der Waals surface area contributed by atoms with Crippen LogP contribution in [0.4, 0.5) is 0 Å². The maximum atomic E-state index is 11.1. The zero-order chi connectivity index (χ0) is 14.8. The molecule has 1 aromatic heterocycles. The Morgan fingerprint density at radius 1 is 1.14 bits per heavy atom. The summed E-state index contributed by atoms with van der Waals surface area (Å²) in [7, 11) is 1.89. The van der Waals surface area contributed by atoms with E-state index in [0.29, 0.717) is 12.3 Å². The second-order valence-corrected chi connectivity index (χ2v) is 5.16. The van der Waals surface area contributed by atoms with Gasteiger partial charge < -0.3 is 9.30 Å². The number of carbonyl (C=O) groups is 1. The Hall–Kier alpha value is -2.55. The number of aryl methyl sites for hydroxylation is 2. The van der Waals surface area contributed by atoms with Crippen molar-refractivity contribution in [2.24, 2.45) is 7.05 Å². The average molecular weight is 279 g/mol. The lowest BCUT2D eigenvalue weighted by Gasteiger charge is -2.10. The lowest BCUT2D eigenvalue weighted by atomic mass is 10.1. The van der Waals surface area contributed by atoms with E-state index in [0.717, 1.165) is 34.1 Å². The van der Waals surface area contributed by atoms with Crippen LogP contribution in [0.25, 0.3) is 10.9 Å². The van der Waals surface area contributed by atoms with Gasteiger partial charge in [0.25, 0.3) is 0 Å². The molecule has 21 heavy (non-hydrogen) atoms. The third kappa shape index (κ3) is 2.42. The van der Waals surface area contributed by atoms with E-state index in [1.165, 1.54) is 0 Å². The molecule has 0 fully saturated rings. The minimum Gasteiger partial charge on any atom is -0.487 e. The molecule has 0 atom stereocenters. The molecule has 1 heterocycles. The van der Waals surface area contributed by atoms with Crippen LogP contribution in [-0.2, 0) is 13.7 Å². The van der Waals surface area contributed by atoms with Crippen LogP contribution in [0.3, 0.4) is 0 Å². The number of nitrogens with zero attached hydrogens (tertiary/aromatic N) is 1. The first-order chi connectivity index (χ1) is 10.2. The highest BCUT2D eigenvalue weighted by atomic mass is 16.5. The number of ether oxygens (including phenoxy) is 1. The van der Waals surface area contributed by atoms with E-state index in [2.05, 4.69) is 0 Å². The van der Waals surface area contributed by atoms with Crippen molar-refractivity contribution >= 4 is 17.2 Å². The van der Waals surface area contributed by atoms with Crippen LogP contribution in [0.2, 0.25) is 0 Å². The van der Waals surface area contributed by atoms with Gasteiger partial charge in [0.05, 0.1) is 11.2 Å². The molecular weight excluding hydrogens is 262 g/mol. The van der Waals surface area contributed by atoms with Gasteiger partial charge in [0.1, 0.15) is 12.4 Å². The molecule has 106 valence electrons. The van der Waals surface area contributed by atoms with E-state index >= 15 is 0 Å². The van der Waals surface area contributed by atoms with Crippen LogP contribution >= 0.6 is 0 Å². The third-order valence-corrected chi connectivity index (χ3v) is 3.77. The Bertz CT molecular complexity index is 788. The van der Waals surface area contributed by atoms with Gasteiger partial charge in [0, 0.05) is 12.4 Å². The van der Waals surface area contributed by atoms with Crippen LogP contribution in [-0.4, -0.2) is 10.9 Å². The van der Waals surface area contributed by atoms with E-state index in [1.54, 1.807) is 0 Å². The second-order valence-electron chi connectivity index (χ2n) is 5.16. The molecule has 0 N–H and O–H groups in total. The highest BCUT2D eigenvalue weighted by Gasteiger charge is 2.12. The third-order valence-electron chi connectivity index (χ3n) is 3.77. The molecule has 0 bridgehead atoms. The van der Waals surface area contributed by atoms with Gasteiger partial charge in [-0.15, -0.1) is 0 Å². The molecule has 2 aromatic carbocycles. The van der Waals surface area contributed by atoms with Crippen molar-refractivity contribution in [2.45, 2.75) is 13.5 Å². The molecule has 0 unspecified atom stereocenters. The number of hydrogen-bond donors (Lipinski definition) is 0. The minimum absolute atomic E-state index is 0.514. The van der Waals surface area contributed by atoms with Gasteiger partial charge in [0.2, 0.25) is 0 Å². The van der Waals surface area contributed by atoms with E-state index in [1.807, 2.05) is 67.1 Å². The monoisotopic (exact) mass is 279 g/mol. The lowest BCUT2D eigenvalue weighted by molar-refractivity contribution is 0.111. The Morgan fingerprint density at radius 2 is 1.90 bits per heavy atom. The van der Waals surface area contributed by atoms with Crippen LogP contribution in [0, 0.1) is 6.92 Å². The van der Waals surface area contributed by atoms with Crippen molar-refractivity contribution in [3.63, 3.8) is 0 Å². The molecule has 0 aliphatic carbocycles. The topological polar surface area (TPSA) is 31.2 Å². The van der Waals surface area contributed by atoms with E-state index in [-0.39, 0.29) is 0 Å². The fourth-order valence-corrected chi connectivity index (χ4v) is 2.56. The molecular formula is C18H17NO2. The Balaban J connectivity index is 2.01. The normalized spacial score (nSPS) is 10.8. The molecule has 0 saturated heterocycles. The molecule has 0 aliphatic rings. The fourth-order valence-electron chi connectivity index (χ4n) is 2.56. The minimum atomic E-state index is 0.514. The first-order valence-electron chi connectivity index (χ1n) is 6.91. The summed E-state index contributed by atoms with van der Waals surface area (Å²) < 4.78 is 7.85. The second kappa shape index (κ2) is 5.44. The maximum absolute atomic E-state index is 11.1. The zero-order valence-corrected chi connectivity index (χ0v) is 12.2. The van der Waals surface area contributed by atoms with Crippen molar-refractivity contribution in [2.75, 3.05) is 0 Å². The molecule has 0 aliphatic heterocycles. The van der Waals surface area contributed by atoms with Gasteiger partial charge in [-0.25, -0.2) is 0 Å². The summed E-state index contributed by atoms with van der Waals surface area (Å²) in [6.45, 7) is 2.55. The number of hydrogen-bond acceptors (Lipinski definition) is 2. The predicted octanol–water partition coefficient (Wildman–Crippen LogP) is 3.88. The molecule has 0 spiro atoms. The molecule has 3 rings (SSSR count). The molecule has 3 nitrogen and oxygen atoms in total. The van der Waals surface area contributed by atoms with Crippen LogP contribution in [0.1, 0.15) is 21.6 Å². The van der Waals surface area contributed by atoms with Crippen molar-refractivity contribution in [1.29, 1.82) is 0 Å². The molecule has 0 amide bonds. The summed E-state index contributed by atoms with van der Waals surface area (Å²) in [6, 6.07) is 16.0. The molecule has 0 saturated carbocycles. The Kier molecular flexibility index (Phi) is 3.48. The SMILES string of the molecule is Cc1ccc(OCc2ccccc2)c2c1cc(C=O)n2C. The summed E-state index contributed by atoms with van der Waals surface area (Å²) in [6.07, 6.45) is 0.875. The number of rotatable bonds is 4. The van der Waals surface area contributed by atoms with E-state index in [9.17, 15) is 4.79 Å². The summed E-state index contributed by atoms with van der Waals surface area (Å²) in [5.74, 6) is 0.801. The standard InChI is InChI=1S/C18H17NO2/c1-13-8-9-17(21-12-14-6-4-3-5-7-14)18-16(13)10-15(11-20)19(18)2/h3-11H,12H2,1-2H3. The van der Waals surface area contributed by atoms with Crippen molar-refractivity contribution in [3.8, 4) is 5.75 Å². The average Bonchev–Trinajstić information content (AvgIpc) is 2.86. The van der Waals surface area contributed by atoms with Crippen LogP contribution in [0.15, 0.2) is 48.5 Å². The highest BCUT2D eigenvalue weighted by Crippen LogP contribution is 2.31. The van der Waals surface area contributed by atoms with Crippen molar-refractivity contribution < 1.29 is 9.53 Å². The molecule has 0 radical (unpaired) electrons. The number of fused-ring (bicyclic) bond motifs is 1. The predicted molar refractivity (Wildman–Crippen MR) is 83.8 cm³/mol. The number of benzene rings is 2. The van der Waals surface area contributed by atoms with Crippen LogP contribution in [0.5, 0.6) is 5.75 Å². The molecule has 3 aromatic rings. The van der Waals surface area contributed by atoms with Gasteiger partial charge in [-0.05, 0) is 30.2 Å². The van der Waals surface area contributed by atoms with E-state index in [4.69, 9.17) is 4.74 Å². The summed E-state index contributed by atoms with van der Waals surface area (Å²) in [5.41, 5.74) is 3.88. The molecule has 3 heteroatoms. The number of carbonyl (C=O) groups excluding carboxylic acids is 1. The highest BCUT2D eigenvalue weighted by molar-refractivity contribution is 5.94. The summed E-state index contributed by atoms with van der Waals surface area (Å²) in [5, 5.41) is 1.06. The Morgan fingerprint density at radius 3 is 2.62 bits per heavy atom. The van der Waals surface area contributed by atoms with Gasteiger partial charge in [-0.3, -0.25) is 4.79 Å². The van der Waals surface area contributed by atoms with Crippen molar-refractivity contribution in [3.05, 3.63) is 65.4 Å². The van der Waals surface area contributed by atoms with Crippen LogP contribution < -0.4 is 4.74 Å². The summed E-state index contributed by atoms with van der Waals surface area (Å²) >= 11 is 0. The summed E-state index contributed by atoms with van der Waals surface area (Å²) in [4.78, 5) is 11.1. The number of aromatic nitrogens is 1. The smallest absolute Gasteiger partial charge is 0.166 e. The zero-order valence-electron chi connectivity index (χ0n) is 12.2. The van der Waals surface area contributed by atoms with Gasteiger partial charge in [0.15, 0.2) is 6.29 Å². The van der Waals surface area contributed by atoms with Crippen molar-refractivity contribution in [1.82, 2.24) is 4.57 Å². The van der Waals surface area contributed by atoms with Gasteiger partial charge in [-0.1, -0.05) is 36.4 Å². The first kappa shape index (κ1) is 13.4. The number of aldehydes is 1.